The zero-order valence-corrected chi connectivity index (χ0v) is 17.9. The Balaban J connectivity index is 1.64. The molecule has 0 atom stereocenters. The van der Waals surface area contributed by atoms with Crippen LogP contribution in [0.3, 0.4) is 0 Å². The van der Waals surface area contributed by atoms with Gasteiger partial charge in [0.2, 0.25) is 0 Å². The molecule has 0 saturated carbocycles. The minimum Gasteiger partial charge on any atom is -0.321 e. The summed E-state index contributed by atoms with van der Waals surface area (Å²) in [6.45, 7) is 4.03. The smallest absolute Gasteiger partial charge is 0.275 e. The van der Waals surface area contributed by atoms with Crippen LogP contribution in [0.4, 0.5) is 10.8 Å². The van der Waals surface area contributed by atoms with Crippen LogP contribution in [0.15, 0.2) is 58.8 Å². The summed E-state index contributed by atoms with van der Waals surface area (Å²) in [6, 6.07) is 14.2. The molecule has 6 nitrogen and oxygen atoms in total. The van der Waals surface area contributed by atoms with Crippen LogP contribution in [0, 0.1) is 6.92 Å². The molecule has 1 aromatic heterocycles. The molecule has 0 saturated heterocycles. The van der Waals surface area contributed by atoms with Crippen LogP contribution in [0.1, 0.15) is 41.4 Å². The number of thiazole rings is 1. The van der Waals surface area contributed by atoms with Crippen molar-refractivity contribution in [2.45, 2.75) is 38.0 Å². The average molecular weight is 430 g/mol. The van der Waals surface area contributed by atoms with Gasteiger partial charge in [-0.05, 0) is 49.6 Å². The number of carbonyl (C=O) groups is 1. The lowest BCUT2D eigenvalue weighted by Crippen LogP contribution is -2.14. The first-order valence-corrected chi connectivity index (χ1v) is 11.7. The predicted molar refractivity (Wildman–Crippen MR) is 117 cm³/mol. The molecule has 0 radical (unpaired) electrons. The number of nitrogens with zero attached hydrogens (tertiary/aromatic N) is 1. The van der Waals surface area contributed by atoms with Gasteiger partial charge in [-0.15, -0.1) is 11.3 Å². The summed E-state index contributed by atoms with van der Waals surface area (Å²) in [4.78, 5) is 16.7. The molecule has 2 N–H and O–H groups in total. The van der Waals surface area contributed by atoms with E-state index in [0.29, 0.717) is 5.69 Å². The summed E-state index contributed by atoms with van der Waals surface area (Å²) < 4.78 is 27.3. The first kappa shape index (κ1) is 21.0. The third-order valence-electron chi connectivity index (χ3n) is 4.32. The van der Waals surface area contributed by atoms with Crippen molar-refractivity contribution < 1.29 is 13.2 Å². The van der Waals surface area contributed by atoms with Crippen molar-refractivity contribution in [3.8, 4) is 0 Å². The molecule has 0 bridgehead atoms. The molecule has 8 heteroatoms. The van der Waals surface area contributed by atoms with E-state index in [2.05, 4.69) is 21.9 Å². The Morgan fingerprint density at radius 2 is 1.76 bits per heavy atom. The quantitative estimate of drug-likeness (QED) is 0.536. The number of aryl methyl sites for hydroxylation is 2. The molecule has 1 heterocycles. The number of hydrogen-bond acceptors (Lipinski definition) is 5. The number of carbonyl (C=O) groups excluding carboxylic acids is 1. The van der Waals surface area contributed by atoms with Crippen LogP contribution in [0.5, 0.6) is 0 Å². The van der Waals surface area contributed by atoms with Crippen molar-refractivity contribution in [3.63, 3.8) is 0 Å². The Morgan fingerprint density at radius 3 is 2.41 bits per heavy atom. The maximum absolute atomic E-state index is 12.4. The molecule has 0 fully saturated rings. The van der Waals surface area contributed by atoms with Gasteiger partial charge in [0.1, 0.15) is 5.69 Å². The summed E-state index contributed by atoms with van der Waals surface area (Å²) in [7, 11) is -3.75. The number of sulfonamides is 1. The van der Waals surface area contributed by atoms with Gasteiger partial charge in [-0.25, -0.2) is 13.4 Å². The van der Waals surface area contributed by atoms with E-state index >= 15 is 0 Å². The SMILES string of the molecule is CCCCc1ccc(NC(=O)c2csc(NS(=O)(=O)c3ccc(C)cc3)n2)cc1. The fourth-order valence-corrected chi connectivity index (χ4v) is 4.59. The molecule has 152 valence electrons. The molecule has 29 heavy (non-hydrogen) atoms. The topological polar surface area (TPSA) is 88.2 Å². The Hall–Kier alpha value is -2.71. The van der Waals surface area contributed by atoms with E-state index in [1.165, 1.54) is 23.1 Å². The fourth-order valence-electron chi connectivity index (χ4n) is 2.65. The Morgan fingerprint density at radius 1 is 1.07 bits per heavy atom. The summed E-state index contributed by atoms with van der Waals surface area (Å²) >= 11 is 1.06. The van der Waals surface area contributed by atoms with Crippen LogP contribution in [-0.2, 0) is 16.4 Å². The monoisotopic (exact) mass is 429 g/mol. The molecule has 3 aromatic rings. The van der Waals surface area contributed by atoms with Gasteiger partial charge in [-0.2, -0.15) is 0 Å². The minimum atomic E-state index is -3.75. The first-order chi connectivity index (χ1) is 13.9. The van der Waals surface area contributed by atoms with E-state index in [1.54, 1.807) is 12.1 Å². The second-order valence-corrected chi connectivity index (χ2v) is 9.25. The van der Waals surface area contributed by atoms with Gasteiger partial charge in [-0.1, -0.05) is 43.2 Å². The molecule has 0 aliphatic heterocycles. The van der Waals surface area contributed by atoms with Crippen LogP contribution in [0.25, 0.3) is 0 Å². The van der Waals surface area contributed by atoms with Gasteiger partial charge in [0, 0.05) is 11.1 Å². The molecule has 0 spiro atoms. The van der Waals surface area contributed by atoms with Gasteiger partial charge in [-0.3, -0.25) is 9.52 Å². The van der Waals surface area contributed by atoms with Crippen LogP contribution in [0.2, 0.25) is 0 Å². The second kappa shape index (κ2) is 9.19. The molecule has 0 aliphatic carbocycles. The molecule has 0 unspecified atom stereocenters. The van der Waals surface area contributed by atoms with Gasteiger partial charge in [0.25, 0.3) is 15.9 Å². The molecular formula is C21H23N3O3S2. The van der Waals surface area contributed by atoms with E-state index in [0.717, 1.165) is 36.2 Å². The van der Waals surface area contributed by atoms with Crippen molar-refractivity contribution in [1.29, 1.82) is 0 Å². The Bertz CT molecular complexity index is 1070. The maximum Gasteiger partial charge on any atom is 0.275 e. The molecule has 0 aliphatic rings. The number of anilines is 2. The van der Waals surface area contributed by atoms with Gasteiger partial charge in [0.05, 0.1) is 4.90 Å². The number of benzene rings is 2. The van der Waals surface area contributed by atoms with E-state index < -0.39 is 10.0 Å². The summed E-state index contributed by atoms with van der Waals surface area (Å²) in [5.74, 6) is -0.386. The van der Waals surface area contributed by atoms with Crippen molar-refractivity contribution in [2.24, 2.45) is 0 Å². The molecular weight excluding hydrogens is 406 g/mol. The number of hydrogen-bond donors (Lipinski definition) is 2. The van der Waals surface area contributed by atoms with Gasteiger partial charge >= 0.3 is 0 Å². The summed E-state index contributed by atoms with van der Waals surface area (Å²) in [5.41, 5.74) is 3.03. The number of rotatable bonds is 8. The second-order valence-electron chi connectivity index (χ2n) is 6.71. The lowest BCUT2D eigenvalue weighted by molar-refractivity contribution is 0.102. The van der Waals surface area contributed by atoms with Crippen molar-refractivity contribution in [1.82, 2.24) is 4.98 Å². The summed E-state index contributed by atoms with van der Waals surface area (Å²) in [5, 5.41) is 4.45. The predicted octanol–water partition coefficient (Wildman–Crippen LogP) is 4.85. The summed E-state index contributed by atoms with van der Waals surface area (Å²) in [6.07, 6.45) is 3.28. The zero-order chi connectivity index (χ0) is 20.9. The fraction of sp³-hybridized carbons (Fsp3) is 0.238. The van der Waals surface area contributed by atoms with Crippen molar-refractivity contribution in [2.75, 3.05) is 10.0 Å². The van der Waals surface area contributed by atoms with Gasteiger partial charge in [0.15, 0.2) is 5.13 Å². The molecule has 2 aromatic carbocycles. The van der Waals surface area contributed by atoms with E-state index in [-0.39, 0.29) is 21.6 Å². The molecule has 3 rings (SSSR count). The highest BCUT2D eigenvalue weighted by molar-refractivity contribution is 7.93. The number of aromatic nitrogens is 1. The van der Waals surface area contributed by atoms with Crippen LogP contribution < -0.4 is 10.0 Å². The minimum absolute atomic E-state index is 0.144. The van der Waals surface area contributed by atoms with E-state index in [4.69, 9.17) is 0 Å². The molecule has 1 amide bonds. The van der Waals surface area contributed by atoms with E-state index in [9.17, 15) is 13.2 Å². The van der Waals surface area contributed by atoms with Crippen LogP contribution in [-0.4, -0.2) is 19.3 Å². The van der Waals surface area contributed by atoms with Crippen molar-refractivity contribution in [3.05, 3.63) is 70.7 Å². The number of unbranched alkanes of at least 4 members (excludes halogenated alkanes) is 1. The standard InChI is InChI=1S/C21H23N3O3S2/c1-3-4-5-16-8-10-17(11-9-16)22-20(25)19-14-28-21(23-19)24-29(26,27)18-12-6-15(2)7-13-18/h6-14H,3-5H2,1-2H3,(H,22,25)(H,23,24). The lowest BCUT2D eigenvalue weighted by Gasteiger charge is -2.06. The van der Waals surface area contributed by atoms with E-state index in [1.807, 2.05) is 31.2 Å². The highest BCUT2D eigenvalue weighted by Gasteiger charge is 2.18. The van der Waals surface area contributed by atoms with Crippen LogP contribution >= 0.6 is 11.3 Å². The third-order valence-corrected chi connectivity index (χ3v) is 6.56. The normalized spacial score (nSPS) is 11.2. The lowest BCUT2D eigenvalue weighted by atomic mass is 10.1. The highest BCUT2D eigenvalue weighted by Crippen LogP contribution is 2.21. The third kappa shape index (κ3) is 5.65. The van der Waals surface area contributed by atoms with Gasteiger partial charge < -0.3 is 5.32 Å². The number of nitrogens with one attached hydrogen (secondary N) is 2. The number of amides is 1. The first-order valence-electron chi connectivity index (χ1n) is 9.32. The highest BCUT2D eigenvalue weighted by atomic mass is 32.2. The zero-order valence-electron chi connectivity index (χ0n) is 16.3. The van der Waals surface area contributed by atoms with Crippen molar-refractivity contribution >= 4 is 38.1 Å². The maximum atomic E-state index is 12.4. The Kier molecular flexibility index (Phi) is 6.66. The largest absolute Gasteiger partial charge is 0.321 e. The Labute approximate surface area is 175 Å². The average Bonchev–Trinajstić information content (AvgIpc) is 3.16.